The number of aromatic nitrogens is 3. The summed E-state index contributed by atoms with van der Waals surface area (Å²) in [5.41, 5.74) is 1.42. The second kappa shape index (κ2) is 12.0. The van der Waals surface area contributed by atoms with Crippen LogP contribution in [0.3, 0.4) is 0 Å². The van der Waals surface area contributed by atoms with Gasteiger partial charge in [-0.3, -0.25) is 14.9 Å². The Morgan fingerprint density at radius 3 is 2.47 bits per heavy atom. The lowest BCUT2D eigenvalue weighted by Gasteiger charge is -2.20. The average molecular weight is 512 g/mol. The van der Waals surface area contributed by atoms with E-state index in [-0.39, 0.29) is 17.7 Å². The predicted molar refractivity (Wildman–Crippen MR) is 141 cm³/mol. The Morgan fingerprint density at radius 1 is 1.08 bits per heavy atom. The van der Waals surface area contributed by atoms with E-state index >= 15 is 0 Å². The smallest absolute Gasteiger partial charge is 0.271 e. The van der Waals surface area contributed by atoms with Gasteiger partial charge < -0.3 is 14.6 Å². The topological polar surface area (TPSA) is 112 Å². The number of nitro groups is 1. The Hall–Kier alpha value is -3.40. The van der Waals surface area contributed by atoms with Crippen molar-refractivity contribution in [3.63, 3.8) is 0 Å². The van der Waals surface area contributed by atoms with Crippen LogP contribution >= 0.6 is 11.8 Å². The third-order valence-corrected chi connectivity index (χ3v) is 6.56. The highest BCUT2D eigenvalue weighted by atomic mass is 32.2. The first-order valence-corrected chi connectivity index (χ1v) is 12.8. The first kappa shape index (κ1) is 27.2. The van der Waals surface area contributed by atoms with Gasteiger partial charge in [0.2, 0.25) is 5.91 Å². The van der Waals surface area contributed by atoms with Gasteiger partial charge in [-0.05, 0) is 43.4 Å². The lowest BCUT2D eigenvalue weighted by atomic mass is 10.0. The number of non-ortho nitro benzene ring substituents is 1. The van der Waals surface area contributed by atoms with E-state index in [0.717, 1.165) is 11.3 Å². The molecule has 3 aromatic rings. The van der Waals surface area contributed by atoms with Gasteiger partial charge in [0.25, 0.3) is 5.69 Å². The highest BCUT2D eigenvalue weighted by Gasteiger charge is 2.25. The molecule has 3 rings (SSSR count). The minimum atomic E-state index is -0.509. The first-order valence-electron chi connectivity index (χ1n) is 12.0. The van der Waals surface area contributed by atoms with Gasteiger partial charge in [-0.15, -0.1) is 10.2 Å². The molecule has 2 unspecified atom stereocenters. The lowest BCUT2D eigenvalue weighted by molar-refractivity contribution is -0.384. The van der Waals surface area contributed by atoms with Gasteiger partial charge in [0.1, 0.15) is 5.75 Å². The molecule has 1 aromatic heterocycles. The Labute approximate surface area is 215 Å². The van der Waals surface area contributed by atoms with Gasteiger partial charge in [0.15, 0.2) is 17.1 Å². The van der Waals surface area contributed by atoms with Crippen LogP contribution in [0.4, 0.5) is 11.4 Å². The van der Waals surface area contributed by atoms with Gasteiger partial charge >= 0.3 is 0 Å². The molecule has 0 aliphatic heterocycles. The molecule has 9 nitrogen and oxygen atoms in total. The lowest BCUT2D eigenvalue weighted by Crippen LogP contribution is -2.23. The Morgan fingerprint density at radius 2 is 1.81 bits per heavy atom. The molecule has 192 valence electrons. The van der Waals surface area contributed by atoms with Crippen LogP contribution in [0, 0.1) is 16.0 Å². The van der Waals surface area contributed by atoms with Crippen molar-refractivity contribution in [3.05, 3.63) is 70.0 Å². The SMILES string of the molecule is CC(C)Cn1c(SC(C)C(=O)Nc2cccc([N+](=O)[O-])c2)nnc1C(C)Oc1ccccc1C(C)C. The molecule has 0 radical (unpaired) electrons. The number of amides is 1. The van der Waals surface area contributed by atoms with Crippen molar-refractivity contribution in [2.24, 2.45) is 5.92 Å². The van der Waals surface area contributed by atoms with Gasteiger partial charge in [-0.1, -0.05) is 63.7 Å². The minimum Gasteiger partial charge on any atom is -0.482 e. The quantitative estimate of drug-likeness (QED) is 0.185. The number of nitro benzene ring substituents is 1. The number of thioether (sulfide) groups is 1. The van der Waals surface area contributed by atoms with Crippen molar-refractivity contribution in [3.8, 4) is 5.75 Å². The third kappa shape index (κ3) is 6.84. The normalized spacial score (nSPS) is 13.0. The van der Waals surface area contributed by atoms with Gasteiger partial charge in [0, 0.05) is 24.4 Å². The molecule has 10 heteroatoms. The van der Waals surface area contributed by atoms with Crippen LogP contribution in [0.5, 0.6) is 5.75 Å². The largest absolute Gasteiger partial charge is 0.482 e. The summed E-state index contributed by atoms with van der Waals surface area (Å²) in [6, 6.07) is 13.9. The van der Waals surface area contributed by atoms with Crippen LogP contribution in [0.15, 0.2) is 53.7 Å². The molecular weight excluding hydrogens is 478 g/mol. The number of hydrogen-bond acceptors (Lipinski definition) is 7. The zero-order chi connectivity index (χ0) is 26.4. The van der Waals surface area contributed by atoms with E-state index in [0.29, 0.717) is 35.0 Å². The molecule has 0 fully saturated rings. The Balaban J connectivity index is 1.78. The second-order valence-corrected chi connectivity index (χ2v) is 10.7. The molecule has 36 heavy (non-hydrogen) atoms. The Kier molecular flexibility index (Phi) is 9.08. The Bertz CT molecular complexity index is 1210. The molecule has 1 heterocycles. The van der Waals surface area contributed by atoms with E-state index in [1.165, 1.54) is 30.0 Å². The molecule has 2 atom stereocenters. The van der Waals surface area contributed by atoms with Crippen LogP contribution in [-0.4, -0.2) is 30.8 Å². The molecule has 0 saturated heterocycles. The highest BCUT2D eigenvalue weighted by molar-refractivity contribution is 8.00. The predicted octanol–water partition coefficient (Wildman–Crippen LogP) is 6.23. The molecule has 0 aliphatic rings. The maximum absolute atomic E-state index is 12.8. The van der Waals surface area contributed by atoms with E-state index in [2.05, 4.69) is 49.3 Å². The summed E-state index contributed by atoms with van der Waals surface area (Å²) in [5.74, 6) is 1.87. The van der Waals surface area contributed by atoms with Gasteiger partial charge in [0.05, 0.1) is 10.2 Å². The number of ether oxygens (including phenoxy) is 1. The molecular formula is C26H33N5O4S. The number of para-hydroxylation sites is 1. The van der Waals surface area contributed by atoms with Crippen molar-refractivity contribution < 1.29 is 14.5 Å². The summed E-state index contributed by atoms with van der Waals surface area (Å²) in [6.45, 7) is 12.9. The van der Waals surface area contributed by atoms with Crippen LogP contribution in [0.1, 0.15) is 65.0 Å². The van der Waals surface area contributed by atoms with Crippen molar-refractivity contribution >= 4 is 29.0 Å². The van der Waals surface area contributed by atoms with Crippen molar-refractivity contribution in [1.82, 2.24) is 14.8 Å². The fourth-order valence-electron chi connectivity index (χ4n) is 3.69. The number of rotatable bonds is 11. The average Bonchev–Trinajstić information content (AvgIpc) is 3.20. The van der Waals surface area contributed by atoms with E-state index < -0.39 is 10.2 Å². The molecule has 0 saturated carbocycles. The van der Waals surface area contributed by atoms with Crippen molar-refractivity contribution in [2.45, 2.75) is 70.5 Å². The van der Waals surface area contributed by atoms with E-state index in [4.69, 9.17) is 4.74 Å². The standard InChI is InChI=1S/C26H33N5O4S/c1-16(2)15-30-24(18(5)35-23-13-8-7-12-22(23)17(3)4)28-29-26(30)36-19(6)25(32)27-20-10-9-11-21(14-20)31(33)34/h7-14,16-19H,15H2,1-6H3,(H,27,32). The zero-order valence-corrected chi connectivity index (χ0v) is 22.3. The maximum Gasteiger partial charge on any atom is 0.271 e. The van der Waals surface area contributed by atoms with E-state index in [1.54, 1.807) is 13.0 Å². The van der Waals surface area contributed by atoms with Gasteiger partial charge in [-0.2, -0.15) is 0 Å². The van der Waals surface area contributed by atoms with Crippen molar-refractivity contribution in [1.29, 1.82) is 0 Å². The van der Waals surface area contributed by atoms with Crippen LogP contribution < -0.4 is 10.1 Å². The number of nitrogens with zero attached hydrogens (tertiary/aromatic N) is 4. The van der Waals surface area contributed by atoms with Crippen LogP contribution in [-0.2, 0) is 11.3 Å². The summed E-state index contributed by atoms with van der Waals surface area (Å²) >= 11 is 1.29. The molecule has 1 amide bonds. The number of nitrogens with one attached hydrogen (secondary N) is 1. The number of carbonyl (C=O) groups is 1. The highest BCUT2D eigenvalue weighted by Crippen LogP contribution is 2.32. The zero-order valence-electron chi connectivity index (χ0n) is 21.5. The summed E-state index contributed by atoms with van der Waals surface area (Å²) < 4.78 is 8.33. The van der Waals surface area contributed by atoms with E-state index in [1.807, 2.05) is 29.7 Å². The molecule has 2 aromatic carbocycles. The van der Waals surface area contributed by atoms with Crippen LogP contribution in [0.25, 0.3) is 0 Å². The van der Waals surface area contributed by atoms with E-state index in [9.17, 15) is 14.9 Å². The third-order valence-electron chi connectivity index (χ3n) is 5.48. The minimum absolute atomic E-state index is 0.0811. The number of hydrogen-bond donors (Lipinski definition) is 1. The molecule has 1 N–H and O–H groups in total. The van der Waals surface area contributed by atoms with Crippen molar-refractivity contribution in [2.75, 3.05) is 5.32 Å². The number of carbonyl (C=O) groups excluding carboxylic acids is 1. The maximum atomic E-state index is 12.8. The van der Waals surface area contributed by atoms with Gasteiger partial charge in [-0.25, -0.2) is 0 Å². The number of benzene rings is 2. The molecule has 0 aliphatic carbocycles. The fraction of sp³-hybridized carbons (Fsp3) is 0.423. The van der Waals surface area contributed by atoms with Crippen LogP contribution in [0.2, 0.25) is 0 Å². The molecule has 0 spiro atoms. The summed E-state index contributed by atoms with van der Waals surface area (Å²) in [4.78, 5) is 23.4. The molecule has 0 bridgehead atoms. The summed E-state index contributed by atoms with van der Waals surface area (Å²) in [7, 11) is 0. The fourth-order valence-corrected chi connectivity index (χ4v) is 4.55. The number of anilines is 1. The summed E-state index contributed by atoms with van der Waals surface area (Å²) in [5, 5.41) is 22.7. The summed E-state index contributed by atoms with van der Waals surface area (Å²) in [6.07, 6.45) is -0.348. The first-order chi connectivity index (χ1) is 17.1. The second-order valence-electron chi connectivity index (χ2n) is 9.35. The monoisotopic (exact) mass is 511 g/mol.